The molecule has 2 rings (SSSR count). The molecule has 0 radical (unpaired) electrons. The highest BCUT2D eigenvalue weighted by Gasteiger charge is 2.09. The Hall–Kier alpha value is -2.62. The smallest absolute Gasteiger partial charge is 0.335 e. The average Bonchev–Trinajstić information content (AvgIpc) is 2.52. The van der Waals surface area contributed by atoms with Gasteiger partial charge in [-0.05, 0) is 44.5 Å². The van der Waals surface area contributed by atoms with Crippen LogP contribution in [0.15, 0.2) is 42.5 Å². The van der Waals surface area contributed by atoms with Gasteiger partial charge in [-0.2, -0.15) is 0 Å². The molecule has 0 heterocycles. The summed E-state index contributed by atoms with van der Waals surface area (Å²) in [6.45, 7) is 9.84. The van der Waals surface area contributed by atoms with Crippen LogP contribution in [0.25, 0.3) is 0 Å². The summed E-state index contributed by atoms with van der Waals surface area (Å²) in [5, 5.41) is 17.2. The molecule has 0 aromatic heterocycles. The predicted molar refractivity (Wildman–Crippen MR) is 92.4 cm³/mol. The summed E-state index contributed by atoms with van der Waals surface area (Å²) in [6, 6.07) is 12.5. The van der Waals surface area contributed by atoms with Gasteiger partial charge in [-0.3, -0.25) is 0 Å². The zero-order chi connectivity index (χ0) is 18.0. The van der Waals surface area contributed by atoms with E-state index in [-0.39, 0.29) is 11.1 Å². The van der Waals surface area contributed by atoms with Gasteiger partial charge in [-0.1, -0.05) is 49.2 Å². The number of carbonyl (C=O) groups is 2. The number of rotatable bonds is 2. The van der Waals surface area contributed by atoms with Crippen LogP contribution in [0, 0.1) is 20.8 Å². The number of aryl methyl sites for hydroxylation is 3. The van der Waals surface area contributed by atoms with Crippen molar-refractivity contribution in [3.05, 3.63) is 70.3 Å². The highest BCUT2D eigenvalue weighted by atomic mass is 16.4. The Bertz CT molecular complexity index is 590. The van der Waals surface area contributed by atoms with Crippen LogP contribution in [-0.2, 0) is 0 Å². The molecular weight excluding hydrogens is 292 g/mol. The zero-order valence-corrected chi connectivity index (χ0v) is 14.3. The Kier molecular flexibility index (Phi) is 9.01. The first-order chi connectivity index (χ1) is 10.8. The van der Waals surface area contributed by atoms with E-state index in [9.17, 15) is 9.59 Å². The fourth-order valence-corrected chi connectivity index (χ4v) is 1.67. The first-order valence-electron chi connectivity index (χ1n) is 7.41. The number of aromatic carboxylic acids is 2. The average molecular weight is 316 g/mol. The highest BCUT2D eigenvalue weighted by Crippen LogP contribution is 2.09. The molecule has 0 aliphatic heterocycles. The van der Waals surface area contributed by atoms with E-state index in [1.807, 2.05) is 13.8 Å². The largest absolute Gasteiger partial charge is 0.478 e. The second-order valence-corrected chi connectivity index (χ2v) is 4.85. The summed E-state index contributed by atoms with van der Waals surface area (Å²) < 4.78 is 0. The van der Waals surface area contributed by atoms with Gasteiger partial charge in [-0.25, -0.2) is 9.59 Å². The topological polar surface area (TPSA) is 74.6 Å². The molecule has 2 N–H and O–H groups in total. The second kappa shape index (κ2) is 10.2. The van der Waals surface area contributed by atoms with Crippen molar-refractivity contribution >= 4 is 11.9 Å². The van der Waals surface area contributed by atoms with Crippen LogP contribution in [0.5, 0.6) is 0 Å². The van der Waals surface area contributed by atoms with Crippen molar-refractivity contribution in [1.82, 2.24) is 0 Å². The third-order valence-corrected chi connectivity index (χ3v) is 2.79. The lowest BCUT2D eigenvalue weighted by Gasteiger charge is -1.99. The van der Waals surface area contributed by atoms with Crippen LogP contribution in [0.1, 0.15) is 51.3 Å². The maximum Gasteiger partial charge on any atom is 0.335 e. The Morgan fingerprint density at radius 1 is 0.652 bits per heavy atom. The first kappa shape index (κ1) is 20.4. The van der Waals surface area contributed by atoms with Crippen molar-refractivity contribution in [1.29, 1.82) is 0 Å². The molecule has 0 aliphatic carbocycles. The molecule has 0 atom stereocenters. The van der Waals surface area contributed by atoms with E-state index in [0.29, 0.717) is 5.56 Å². The van der Waals surface area contributed by atoms with E-state index in [4.69, 9.17) is 10.2 Å². The molecule has 0 amide bonds. The van der Waals surface area contributed by atoms with Crippen LogP contribution in [0.4, 0.5) is 0 Å². The van der Waals surface area contributed by atoms with Gasteiger partial charge >= 0.3 is 11.9 Å². The number of hydrogen-bond donors (Lipinski definition) is 2. The summed E-state index contributed by atoms with van der Waals surface area (Å²) in [5.41, 5.74) is 3.28. The molecule has 4 heteroatoms. The Balaban J connectivity index is 0.000000414. The first-order valence-corrected chi connectivity index (χ1v) is 7.41. The van der Waals surface area contributed by atoms with Gasteiger partial charge in [0.25, 0.3) is 0 Å². The van der Waals surface area contributed by atoms with Crippen molar-refractivity contribution in [2.75, 3.05) is 0 Å². The molecule has 0 fully saturated rings. The fourth-order valence-electron chi connectivity index (χ4n) is 1.67. The maximum atomic E-state index is 10.5. The van der Waals surface area contributed by atoms with Crippen LogP contribution < -0.4 is 0 Å². The minimum absolute atomic E-state index is 0.00241. The van der Waals surface area contributed by atoms with E-state index < -0.39 is 11.9 Å². The van der Waals surface area contributed by atoms with Crippen molar-refractivity contribution in [2.24, 2.45) is 0 Å². The predicted octanol–water partition coefficient (Wildman–Crippen LogP) is 4.72. The van der Waals surface area contributed by atoms with Crippen LogP contribution in [0.3, 0.4) is 0 Å². The van der Waals surface area contributed by atoms with E-state index in [1.54, 1.807) is 6.92 Å². The van der Waals surface area contributed by atoms with Gasteiger partial charge in [0.2, 0.25) is 0 Å². The van der Waals surface area contributed by atoms with Gasteiger partial charge in [0.05, 0.1) is 11.1 Å². The normalized spacial score (nSPS) is 8.91. The summed E-state index contributed by atoms with van der Waals surface area (Å²) >= 11 is 0. The Morgan fingerprint density at radius 2 is 0.957 bits per heavy atom. The van der Waals surface area contributed by atoms with Crippen molar-refractivity contribution in [3.8, 4) is 0 Å². The molecule has 0 saturated heterocycles. The summed E-state index contributed by atoms with van der Waals surface area (Å²) in [4.78, 5) is 21.1. The van der Waals surface area contributed by atoms with Crippen molar-refractivity contribution in [3.63, 3.8) is 0 Å². The molecule has 0 aliphatic rings. The van der Waals surface area contributed by atoms with E-state index in [1.165, 1.54) is 23.3 Å². The van der Waals surface area contributed by atoms with Crippen LogP contribution >= 0.6 is 0 Å². The van der Waals surface area contributed by atoms with Crippen molar-refractivity contribution in [2.45, 2.75) is 34.6 Å². The van der Waals surface area contributed by atoms with Gasteiger partial charge in [-0.15, -0.1) is 0 Å². The maximum absolute atomic E-state index is 10.5. The molecule has 0 saturated carbocycles. The monoisotopic (exact) mass is 316 g/mol. The van der Waals surface area contributed by atoms with Crippen LogP contribution in [-0.4, -0.2) is 22.2 Å². The molecule has 2 aromatic carbocycles. The van der Waals surface area contributed by atoms with E-state index in [0.717, 1.165) is 6.07 Å². The third kappa shape index (κ3) is 7.81. The van der Waals surface area contributed by atoms with Gasteiger partial charge in [0, 0.05) is 0 Å². The van der Waals surface area contributed by atoms with Gasteiger partial charge < -0.3 is 10.2 Å². The lowest BCUT2D eigenvalue weighted by Crippen LogP contribution is -2.02. The molecule has 124 valence electrons. The number of carboxylic acids is 2. The molecule has 0 spiro atoms. The molecule has 0 bridgehead atoms. The summed E-state index contributed by atoms with van der Waals surface area (Å²) in [6.07, 6.45) is 0. The number of benzene rings is 2. The van der Waals surface area contributed by atoms with Gasteiger partial charge in [0.15, 0.2) is 0 Å². The summed E-state index contributed by atoms with van der Waals surface area (Å²) in [5.74, 6) is -2.24. The molecule has 2 aromatic rings. The zero-order valence-electron chi connectivity index (χ0n) is 14.3. The van der Waals surface area contributed by atoms with Crippen LogP contribution in [0.2, 0.25) is 0 Å². The lowest BCUT2D eigenvalue weighted by atomic mass is 10.1. The lowest BCUT2D eigenvalue weighted by molar-refractivity contribution is 0.0696. The summed E-state index contributed by atoms with van der Waals surface area (Å²) in [7, 11) is 0. The Morgan fingerprint density at radius 3 is 1.22 bits per heavy atom. The SMILES string of the molecule is CC.Cc1cc(C(=O)O)cc(C(=O)O)c1.Cc1ccc(C)cc1. The molecule has 23 heavy (non-hydrogen) atoms. The van der Waals surface area contributed by atoms with Crippen molar-refractivity contribution < 1.29 is 19.8 Å². The Labute approximate surface area is 137 Å². The third-order valence-electron chi connectivity index (χ3n) is 2.79. The quantitative estimate of drug-likeness (QED) is 0.840. The van der Waals surface area contributed by atoms with Gasteiger partial charge in [0.1, 0.15) is 0 Å². The number of carboxylic acid groups (broad SMARTS) is 2. The van der Waals surface area contributed by atoms with E-state index in [2.05, 4.69) is 38.1 Å². The highest BCUT2D eigenvalue weighted by molar-refractivity contribution is 5.94. The second-order valence-electron chi connectivity index (χ2n) is 4.85. The molecule has 0 unspecified atom stereocenters. The minimum Gasteiger partial charge on any atom is -0.478 e. The minimum atomic E-state index is -1.12. The fraction of sp³-hybridized carbons (Fsp3) is 0.263. The van der Waals surface area contributed by atoms with E-state index >= 15 is 0 Å². The number of hydrogen-bond acceptors (Lipinski definition) is 2. The standard InChI is InChI=1S/C9H8O4.C8H10.C2H6/c1-5-2-6(8(10)11)4-7(3-5)9(12)13;1-7-3-5-8(2)6-4-7;1-2/h2-4H,1H3,(H,10,11)(H,12,13);3-6H,1-2H3;1-2H3. The molecular formula is C19H24O4. The molecule has 4 nitrogen and oxygen atoms in total.